The van der Waals surface area contributed by atoms with E-state index in [4.69, 9.17) is 15.2 Å². The van der Waals surface area contributed by atoms with E-state index in [1.54, 1.807) is 13.2 Å². The van der Waals surface area contributed by atoms with Crippen molar-refractivity contribution in [2.45, 2.75) is 32.4 Å². The molecule has 1 aromatic heterocycles. The molecule has 1 aromatic rings. The summed E-state index contributed by atoms with van der Waals surface area (Å²) in [5.74, 6) is 0.155. The van der Waals surface area contributed by atoms with Gasteiger partial charge in [-0.3, -0.25) is 0 Å². The molecule has 110 valence electrons. The fourth-order valence-electron chi connectivity index (χ4n) is 2.54. The maximum Gasteiger partial charge on any atom is 0.340 e. The molecule has 2 rings (SSSR count). The predicted octanol–water partition coefficient (Wildman–Crippen LogP) is 1.68. The van der Waals surface area contributed by atoms with Crippen molar-refractivity contribution in [3.8, 4) is 0 Å². The average molecular weight is 279 g/mol. The van der Waals surface area contributed by atoms with E-state index in [1.807, 2.05) is 0 Å². The van der Waals surface area contributed by atoms with Crippen molar-refractivity contribution in [1.82, 2.24) is 4.98 Å². The van der Waals surface area contributed by atoms with E-state index in [0.29, 0.717) is 17.1 Å². The van der Waals surface area contributed by atoms with Crippen LogP contribution in [-0.4, -0.2) is 37.3 Å². The van der Waals surface area contributed by atoms with Gasteiger partial charge >= 0.3 is 5.97 Å². The van der Waals surface area contributed by atoms with Gasteiger partial charge in [0.2, 0.25) is 0 Å². The summed E-state index contributed by atoms with van der Waals surface area (Å²) in [7, 11) is 3.05. The number of nitrogens with one attached hydrogen (secondary N) is 1. The SMILES string of the molecule is COC(=O)c1cc(NC2CC(OC)C2(C)C)ncc1N. The predicted molar refractivity (Wildman–Crippen MR) is 76.6 cm³/mol. The number of anilines is 2. The highest BCUT2D eigenvalue weighted by Gasteiger charge is 2.48. The van der Waals surface area contributed by atoms with Gasteiger partial charge in [0.15, 0.2) is 0 Å². The maximum absolute atomic E-state index is 11.6. The Morgan fingerprint density at radius 1 is 1.50 bits per heavy atom. The number of carbonyl (C=O) groups excluding carboxylic acids is 1. The van der Waals surface area contributed by atoms with E-state index in [9.17, 15) is 4.79 Å². The molecule has 0 aliphatic heterocycles. The molecule has 1 saturated carbocycles. The van der Waals surface area contributed by atoms with Gasteiger partial charge in [-0.05, 0) is 12.5 Å². The molecule has 20 heavy (non-hydrogen) atoms. The molecule has 1 fully saturated rings. The fourth-order valence-corrected chi connectivity index (χ4v) is 2.54. The van der Waals surface area contributed by atoms with Crippen molar-refractivity contribution in [1.29, 1.82) is 0 Å². The number of esters is 1. The van der Waals surface area contributed by atoms with Gasteiger partial charge in [0, 0.05) is 18.6 Å². The summed E-state index contributed by atoms with van der Waals surface area (Å²) in [5, 5.41) is 3.33. The van der Waals surface area contributed by atoms with Crippen LogP contribution in [0, 0.1) is 5.41 Å². The minimum atomic E-state index is -0.462. The lowest BCUT2D eigenvalue weighted by molar-refractivity contribution is -0.0795. The van der Waals surface area contributed by atoms with E-state index in [2.05, 4.69) is 24.1 Å². The number of hydrogen-bond donors (Lipinski definition) is 2. The summed E-state index contributed by atoms with van der Waals surface area (Å²) in [6, 6.07) is 1.87. The number of aromatic nitrogens is 1. The highest BCUT2D eigenvalue weighted by atomic mass is 16.5. The fraction of sp³-hybridized carbons (Fsp3) is 0.571. The van der Waals surface area contributed by atoms with E-state index in [1.165, 1.54) is 13.3 Å². The summed E-state index contributed by atoms with van der Waals surface area (Å²) < 4.78 is 10.1. The van der Waals surface area contributed by atoms with Gasteiger partial charge in [0.05, 0.1) is 30.7 Å². The number of carbonyl (C=O) groups is 1. The Balaban J connectivity index is 2.14. The van der Waals surface area contributed by atoms with Gasteiger partial charge in [0.1, 0.15) is 5.82 Å². The third-order valence-electron chi connectivity index (χ3n) is 4.12. The number of nitrogens with two attached hydrogens (primary N) is 1. The Hall–Kier alpha value is -1.82. The molecule has 1 heterocycles. The molecule has 6 heteroatoms. The lowest BCUT2D eigenvalue weighted by Crippen LogP contribution is -2.57. The Morgan fingerprint density at radius 3 is 2.75 bits per heavy atom. The van der Waals surface area contributed by atoms with Crippen molar-refractivity contribution in [3.63, 3.8) is 0 Å². The first kappa shape index (κ1) is 14.6. The maximum atomic E-state index is 11.6. The van der Waals surface area contributed by atoms with Crippen LogP contribution in [0.4, 0.5) is 11.5 Å². The van der Waals surface area contributed by atoms with Gasteiger partial charge in [-0.1, -0.05) is 13.8 Å². The first-order valence-electron chi connectivity index (χ1n) is 6.53. The topological polar surface area (TPSA) is 86.5 Å². The molecule has 0 aromatic carbocycles. The number of ether oxygens (including phenoxy) is 2. The second-order valence-electron chi connectivity index (χ2n) is 5.63. The van der Waals surface area contributed by atoms with Gasteiger partial charge < -0.3 is 20.5 Å². The van der Waals surface area contributed by atoms with Gasteiger partial charge in [-0.25, -0.2) is 9.78 Å². The number of methoxy groups -OCH3 is 2. The first-order valence-corrected chi connectivity index (χ1v) is 6.53. The van der Waals surface area contributed by atoms with Crippen LogP contribution in [0.15, 0.2) is 12.3 Å². The van der Waals surface area contributed by atoms with Crippen LogP contribution in [-0.2, 0) is 9.47 Å². The molecule has 0 amide bonds. The summed E-state index contributed by atoms with van der Waals surface area (Å²) in [4.78, 5) is 15.8. The van der Waals surface area contributed by atoms with Gasteiger partial charge in [-0.2, -0.15) is 0 Å². The Morgan fingerprint density at radius 2 is 2.20 bits per heavy atom. The number of pyridine rings is 1. The Kier molecular flexibility index (Phi) is 3.85. The third kappa shape index (κ3) is 2.43. The van der Waals surface area contributed by atoms with E-state index in [-0.39, 0.29) is 17.6 Å². The molecule has 2 atom stereocenters. The van der Waals surface area contributed by atoms with E-state index < -0.39 is 5.97 Å². The quantitative estimate of drug-likeness (QED) is 0.815. The normalized spacial score (nSPS) is 23.8. The number of hydrogen-bond acceptors (Lipinski definition) is 6. The summed E-state index contributed by atoms with van der Waals surface area (Å²) in [6.07, 6.45) is 2.60. The first-order chi connectivity index (χ1) is 9.40. The smallest absolute Gasteiger partial charge is 0.340 e. The molecule has 1 aliphatic carbocycles. The average Bonchev–Trinajstić information content (AvgIpc) is 2.43. The molecule has 3 N–H and O–H groups in total. The molecule has 2 unspecified atom stereocenters. The van der Waals surface area contributed by atoms with Crippen LogP contribution in [0.2, 0.25) is 0 Å². The van der Waals surface area contributed by atoms with Crippen LogP contribution in [0.5, 0.6) is 0 Å². The molecular weight excluding hydrogens is 258 g/mol. The zero-order chi connectivity index (χ0) is 14.9. The molecular formula is C14H21N3O3. The van der Waals surface area contributed by atoms with E-state index in [0.717, 1.165) is 6.42 Å². The molecule has 1 aliphatic rings. The van der Waals surface area contributed by atoms with Crippen LogP contribution < -0.4 is 11.1 Å². The zero-order valence-electron chi connectivity index (χ0n) is 12.3. The van der Waals surface area contributed by atoms with Crippen molar-refractivity contribution in [2.75, 3.05) is 25.3 Å². The van der Waals surface area contributed by atoms with Crippen LogP contribution >= 0.6 is 0 Å². The van der Waals surface area contributed by atoms with Gasteiger partial charge in [0.25, 0.3) is 0 Å². The molecule has 0 saturated heterocycles. The second-order valence-corrected chi connectivity index (χ2v) is 5.63. The van der Waals surface area contributed by atoms with Crippen molar-refractivity contribution in [2.24, 2.45) is 5.41 Å². The zero-order valence-corrected chi connectivity index (χ0v) is 12.3. The highest BCUT2D eigenvalue weighted by Crippen LogP contribution is 2.43. The van der Waals surface area contributed by atoms with Crippen LogP contribution in [0.3, 0.4) is 0 Å². The summed E-state index contributed by atoms with van der Waals surface area (Å²) >= 11 is 0. The highest BCUT2D eigenvalue weighted by molar-refractivity contribution is 5.95. The largest absolute Gasteiger partial charge is 0.465 e. The lowest BCUT2D eigenvalue weighted by atomic mass is 9.64. The molecule has 6 nitrogen and oxygen atoms in total. The molecule has 0 spiro atoms. The number of rotatable bonds is 4. The lowest BCUT2D eigenvalue weighted by Gasteiger charge is -2.51. The van der Waals surface area contributed by atoms with Crippen LogP contribution in [0.1, 0.15) is 30.6 Å². The number of nitrogen functional groups attached to an aromatic ring is 1. The molecule has 0 bridgehead atoms. The summed E-state index contributed by atoms with van der Waals surface area (Å²) in [5.41, 5.74) is 6.38. The van der Waals surface area contributed by atoms with Crippen LogP contribution in [0.25, 0.3) is 0 Å². The monoisotopic (exact) mass is 279 g/mol. The van der Waals surface area contributed by atoms with E-state index >= 15 is 0 Å². The number of nitrogens with zero attached hydrogens (tertiary/aromatic N) is 1. The van der Waals surface area contributed by atoms with Crippen molar-refractivity contribution < 1.29 is 14.3 Å². The Bertz CT molecular complexity index is 516. The summed E-state index contributed by atoms with van der Waals surface area (Å²) in [6.45, 7) is 4.28. The minimum Gasteiger partial charge on any atom is -0.465 e. The van der Waals surface area contributed by atoms with Crippen molar-refractivity contribution in [3.05, 3.63) is 17.8 Å². The standard InChI is InChI=1S/C14H21N3O3/c1-14(2)10(6-11(14)19-3)17-12-5-8(13(18)20-4)9(15)7-16-12/h5,7,10-11H,6,15H2,1-4H3,(H,16,17). The second kappa shape index (κ2) is 5.28. The Labute approximate surface area is 118 Å². The minimum absolute atomic E-state index is 0.0171. The van der Waals surface area contributed by atoms with Gasteiger partial charge in [-0.15, -0.1) is 0 Å². The molecule has 0 radical (unpaired) electrons. The van der Waals surface area contributed by atoms with Crippen molar-refractivity contribution >= 4 is 17.5 Å². The third-order valence-corrected chi connectivity index (χ3v) is 4.12.